The van der Waals surface area contributed by atoms with Crippen LogP contribution in [0.1, 0.15) is 39.0 Å². The maximum Gasteiger partial charge on any atom is 0.251 e. The Morgan fingerprint density at radius 1 is 1.20 bits per heavy atom. The number of carbonyl (C=O) groups excluding carboxylic acids is 1. The number of H-pyrrole nitrogens is 1. The Balaban J connectivity index is 0.00000108. The average molecular weight is 465 g/mol. The fraction of sp³-hybridized carbons (Fsp3) is 0.115. The number of nitriles is 1. The lowest BCUT2D eigenvalue weighted by molar-refractivity contribution is 0.0953. The highest BCUT2D eigenvalue weighted by Crippen LogP contribution is 2.16. The van der Waals surface area contributed by atoms with Gasteiger partial charge in [-0.15, -0.1) is 0 Å². The minimum Gasteiger partial charge on any atom is -0.352 e. The van der Waals surface area contributed by atoms with E-state index in [0.29, 0.717) is 23.2 Å². The second-order valence-electron chi connectivity index (χ2n) is 7.27. The molecule has 0 saturated carbocycles. The Kier molecular flexibility index (Phi) is 8.94. The van der Waals surface area contributed by atoms with Crippen LogP contribution < -0.4 is 11.2 Å². The summed E-state index contributed by atoms with van der Waals surface area (Å²) in [5.41, 5.74) is 4.48. The van der Waals surface area contributed by atoms with E-state index in [1.54, 1.807) is 53.5 Å². The molecule has 9 nitrogen and oxygen atoms in total. The fourth-order valence-corrected chi connectivity index (χ4v) is 3.17. The molecule has 1 amide bonds. The third-order valence-corrected chi connectivity index (χ3v) is 4.85. The molecule has 0 saturated heterocycles. The predicted molar refractivity (Wildman–Crippen MR) is 134 cm³/mol. The molecule has 0 atom stereocenters. The van der Waals surface area contributed by atoms with Crippen LogP contribution in [0.25, 0.3) is 5.69 Å². The highest BCUT2D eigenvalue weighted by Gasteiger charge is 2.10. The highest BCUT2D eigenvalue weighted by atomic mass is 16.1. The summed E-state index contributed by atoms with van der Waals surface area (Å²) in [5, 5.41) is 25.7. The second kappa shape index (κ2) is 12.8. The van der Waals surface area contributed by atoms with Crippen LogP contribution in [-0.2, 0) is 6.42 Å². The molecule has 0 bridgehead atoms. The Labute approximate surface area is 203 Å². The lowest BCUT2D eigenvalue weighted by Gasteiger charge is -2.09. The summed E-state index contributed by atoms with van der Waals surface area (Å²) in [6.07, 6.45) is 8.83. The lowest BCUT2D eigenvalue weighted by Crippen LogP contribution is -2.25. The number of aryl methyl sites for hydroxylation is 1. The van der Waals surface area contributed by atoms with Gasteiger partial charge in [-0.2, -0.15) is 20.6 Å². The van der Waals surface area contributed by atoms with Crippen molar-refractivity contribution in [3.05, 3.63) is 101 Å². The maximum absolute atomic E-state index is 12.7. The molecule has 4 N–H and O–H groups in total. The van der Waals surface area contributed by atoms with Gasteiger partial charge < -0.3 is 11.2 Å². The average Bonchev–Trinajstić information content (AvgIpc) is 3.61. The van der Waals surface area contributed by atoms with E-state index in [4.69, 9.17) is 5.26 Å². The van der Waals surface area contributed by atoms with Crippen molar-refractivity contribution in [3.8, 4) is 23.6 Å². The number of aromatic amines is 1. The van der Waals surface area contributed by atoms with Gasteiger partial charge in [0, 0.05) is 43.0 Å². The zero-order chi connectivity index (χ0) is 24.9. The molecule has 0 fully saturated rings. The topological polar surface area (TPSA) is 138 Å². The minimum atomic E-state index is -0.148. The molecular weight excluding hydrogens is 440 g/mol. The molecule has 9 heteroatoms. The third-order valence-electron chi connectivity index (χ3n) is 4.85. The first-order valence-electron chi connectivity index (χ1n) is 10.7. The molecular formula is C26H24N8O. The van der Waals surface area contributed by atoms with Crippen molar-refractivity contribution in [1.82, 2.24) is 25.3 Å². The number of nitrogens with zero attached hydrogens (tertiary/aromatic N) is 5. The molecule has 0 aliphatic heterocycles. The van der Waals surface area contributed by atoms with Crippen LogP contribution in [0.3, 0.4) is 0 Å². The molecule has 2 aromatic carbocycles. The number of carbonyl (C=O) groups is 1. The van der Waals surface area contributed by atoms with E-state index >= 15 is 0 Å². The zero-order valence-electron chi connectivity index (χ0n) is 19.0. The van der Waals surface area contributed by atoms with Gasteiger partial charge in [-0.1, -0.05) is 11.8 Å². The number of hydrogen-bond acceptors (Lipinski definition) is 6. The number of nitrogens with two attached hydrogens (primary N) is 1. The number of benzene rings is 2. The molecule has 35 heavy (non-hydrogen) atoms. The highest BCUT2D eigenvalue weighted by molar-refractivity contribution is 5.95. The van der Waals surface area contributed by atoms with Crippen LogP contribution in [-0.4, -0.2) is 39.1 Å². The Bertz CT molecular complexity index is 1340. The number of aromatic nitrogens is 4. The Hall–Kier alpha value is -5.15. The molecule has 0 spiro atoms. The van der Waals surface area contributed by atoms with E-state index < -0.39 is 0 Å². The van der Waals surface area contributed by atoms with Crippen molar-refractivity contribution in [2.75, 3.05) is 6.54 Å². The van der Waals surface area contributed by atoms with Crippen LogP contribution in [0.15, 0.2) is 78.4 Å². The number of nitrogens with one attached hydrogen (secondary N) is 2. The first-order chi connectivity index (χ1) is 17.1. The summed E-state index contributed by atoms with van der Waals surface area (Å²) in [6.45, 7) is 3.46. The summed E-state index contributed by atoms with van der Waals surface area (Å²) in [5.74, 6) is 10.5. The second-order valence-corrected chi connectivity index (χ2v) is 7.27. The van der Waals surface area contributed by atoms with E-state index in [2.05, 4.69) is 56.2 Å². The van der Waals surface area contributed by atoms with Gasteiger partial charge in [0.05, 0.1) is 29.1 Å². The van der Waals surface area contributed by atoms with Crippen molar-refractivity contribution >= 4 is 12.6 Å². The van der Waals surface area contributed by atoms with Crippen LogP contribution in [0.2, 0.25) is 0 Å². The Morgan fingerprint density at radius 3 is 2.63 bits per heavy atom. The monoisotopic (exact) mass is 464 g/mol. The number of amides is 1. The number of hydrogen-bond donors (Lipinski definition) is 3. The molecule has 2 heterocycles. The zero-order valence-corrected chi connectivity index (χ0v) is 19.0. The van der Waals surface area contributed by atoms with Gasteiger partial charge >= 0.3 is 0 Å². The summed E-state index contributed by atoms with van der Waals surface area (Å²) >= 11 is 0. The van der Waals surface area contributed by atoms with Crippen molar-refractivity contribution in [3.63, 3.8) is 0 Å². The van der Waals surface area contributed by atoms with Gasteiger partial charge in [-0.3, -0.25) is 9.89 Å². The molecule has 4 aromatic rings. The van der Waals surface area contributed by atoms with Crippen LogP contribution in [0, 0.1) is 23.2 Å². The van der Waals surface area contributed by atoms with Crippen LogP contribution in [0.5, 0.6) is 0 Å². The van der Waals surface area contributed by atoms with Crippen molar-refractivity contribution in [2.24, 2.45) is 10.9 Å². The van der Waals surface area contributed by atoms with E-state index in [-0.39, 0.29) is 5.91 Å². The van der Waals surface area contributed by atoms with Gasteiger partial charge in [0.25, 0.3) is 5.91 Å². The maximum atomic E-state index is 12.7. The van der Waals surface area contributed by atoms with Gasteiger partial charge in [-0.25, -0.2) is 4.68 Å². The smallest absolute Gasteiger partial charge is 0.251 e. The third kappa shape index (κ3) is 7.17. The van der Waals surface area contributed by atoms with Crippen molar-refractivity contribution < 1.29 is 4.79 Å². The summed E-state index contributed by atoms with van der Waals surface area (Å²) in [4.78, 5) is 12.7. The number of hydrazone groups is 1. The van der Waals surface area contributed by atoms with E-state index in [1.165, 1.54) is 0 Å². The van der Waals surface area contributed by atoms with Crippen LogP contribution >= 0.6 is 0 Å². The lowest BCUT2D eigenvalue weighted by atomic mass is 10.1. The molecule has 4 rings (SSSR count). The summed E-state index contributed by atoms with van der Waals surface area (Å²) in [7, 11) is 0. The summed E-state index contributed by atoms with van der Waals surface area (Å²) < 4.78 is 1.72. The van der Waals surface area contributed by atoms with E-state index in [0.717, 1.165) is 29.7 Å². The molecule has 174 valence electrons. The van der Waals surface area contributed by atoms with Crippen molar-refractivity contribution in [1.29, 1.82) is 5.26 Å². The summed E-state index contributed by atoms with van der Waals surface area (Å²) in [6, 6.07) is 16.4. The largest absolute Gasteiger partial charge is 0.352 e. The standard InChI is InChI=1S/C25H20N6O.CH4N2/c26-16-20-6-4-19(5-7-20)8-9-22-15-23(10-11-24(22)31-14-2-13-30-31)25(32)27-12-1-3-21-17-28-29-18-21;1-3-2/h2,4-7,10-11,13-15,17-18H,1,3,12H2,(H,27,32)(H,28,29);1-2H2. The number of rotatable bonds is 6. The SMILES string of the molecule is C=NN.N#Cc1ccc(C#Cc2cc(C(=O)NCCCc3cn[nH]c3)ccc2-n2cccn2)cc1. The van der Waals surface area contributed by atoms with Gasteiger partial charge in [0.15, 0.2) is 0 Å². The molecule has 0 aliphatic rings. The van der Waals surface area contributed by atoms with Crippen LogP contribution in [0.4, 0.5) is 0 Å². The van der Waals surface area contributed by atoms with Gasteiger partial charge in [-0.05, 0) is 66.9 Å². The van der Waals surface area contributed by atoms with E-state index in [1.807, 2.05) is 24.5 Å². The van der Waals surface area contributed by atoms with Gasteiger partial charge in [0.1, 0.15) is 0 Å². The molecule has 0 aliphatic carbocycles. The van der Waals surface area contributed by atoms with Gasteiger partial charge in [0.2, 0.25) is 0 Å². The van der Waals surface area contributed by atoms with Crippen molar-refractivity contribution in [2.45, 2.75) is 12.8 Å². The predicted octanol–water partition coefficient (Wildman–Crippen LogP) is 2.79. The molecule has 2 aromatic heterocycles. The molecule has 0 radical (unpaired) electrons. The van der Waals surface area contributed by atoms with E-state index in [9.17, 15) is 4.79 Å². The first-order valence-corrected chi connectivity index (χ1v) is 10.7. The quantitative estimate of drug-likeness (QED) is 0.132. The Morgan fingerprint density at radius 2 is 1.97 bits per heavy atom. The fourth-order valence-electron chi connectivity index (χ4n) is 3.17. The first kappa shape index (κ1) is 24.5. The normalized spacial score (nSPS) is 9.57. The minimum absolute atomic E-state index is 0.148. The molecule has 0 unspecified atom stereocenters.